The molecular weight excluding hydrogens is 286 g/mol. The summed E-state index contributed by atoms with van der Waals surface area (Å²) in [6.07, 6.45) is 2.14. The van der Waals surface area contributed by atoms with Crippen LogP contribution in [0.5, 0.6) is 5.75 Å². The molecule has 3 rings (SSSR count). The highest BCUT2D eigenvalue weighted by molar-refractivity contribution is 5.91. The molecule has 2 unspecified atom stereocenters. The van der Waals surface area contributed by atoms with Crippen LogP contribution in [0.4, 0.5) is 0 Å². The summed E-state index contributed by atoms with van der Waals surface area (Å²) in [5.41, 5.74) is 2.28. The Bertz CT molecular complexity index is 651. The van der Waals surface area contributed by atoms with E-state index in [9.17, 15) is 4.79 Å². The highest BCUT2D eigenvalue weighted by atomic mass is 16.5. The van der Waals surface area contributed by atoms with Crippen molar-refractivity contribution in [1.82, 2.24) is 4.90 Å². The maximum absolute atomic E-state index is 12.7. The third-order valence-corrected chi connectivity index (χ3v) is 4.57. The minimum Gasteiger partial charge on any atom is -0.497 e. The minimum atomic E-state index is -0.0832. The van der Waals surface area contributed by atoms with E-state index in [1.807, 2.05) is 47.4 Å². The molecule has 1 fully saturated rings. The largest absolute Gasteiger partial charge is 0.497 e. The molecule has 2 atom stereocenters. The predicted octanol–water partition coefficient (Wildman–Crippen LogP) is 4.16. The van der Waals surface area contributed by atoms with Crippen LogP contribution in [0.2, 0.25) is 0 Å². The zero-order chi connectivity index (χ0) is 16.2. The first-order chi connectivity index (χ1) is 11.3. The third-order valence-electron chi connectivity index (χ3n) is 4.57. The number of carbonyl (C=O) groups is 1. The number of amides is 1. The number of β-lactam (4-membered cyclic amide) rings is 1. The van der Waals surface area contributed by atoms with Gasteiger partial charge in [0.25, 0.3) is 0 Å². The molecule has 0 aromatic heterocycles. The van der Waals surface area contributed by atoms with Crippen molar-refractivity contribution in [3.05, 3.63) is 65.7 Å². The van der Waals surface area contributed by atoms with Crippen LogP contribution in [0.25, 0.3) is 0 Å². The lowest BCUT2D eigenvalue weighted by Crippen LogP contribution is -2.53. The Balaban J connectivity index is 1.89. The molecule has 0 bridgehead atoms. The zero-order valence-corrected chi connectivity index (χ0v) is 13.7. The first-order valence-electron chi connectivity index (χ1n) is 8.25. The van der Waals surface area contributed by atoms with Crippen molar-refractivity contribution in [3.8, 4) is 5.75 Å². The van der Waals surface area contributed by atoms with Gasteiger partial charge in [-0.3, -0.25) is 4.79 Å². The van der Waals surface area contributed by atoms with E-state index in [0.717, 1.165) is 30.7 Å². The van der Waals surface area contributed by atoms with Gasteiger partial charge in [-0.05, 0) is 29.7 Å². The molecule has 2 aromatic rings. The number of unbranched alkanes of at least 4 members (excludes halogenated alkanes) is 1. The third kappa shape index (κ3) is 2.96. The van der Waals surface area contributed by atoms with Gasteiger partial charge in [-0.2, -0.15) is 0 Å². The molecule has 0 saturated carbocycles. The van der Waals surface area contributed by atoms with Crippen molar-refractivity contribution >= 4 is 5.91 Å². The van der Waals surface area contributed by atoms with Crippen LogP contribution in [0.3, 0.4) is 0 Å². The van der Waals surface area contributed by atoms with Gasteiger partial charge >= 0.3 is 0 Å². The van der Waals surface area contributed by atoms with Crippen LogP contribution in [0.1, 0.15) is 42.9 Å². The standard InChI is InChI=1S/C20H23NO2/c1-3-4-14-21-19(16-8-6-5-7-9-16)18(20(21)22)15-10-12-17(23-2)13-11-15/h5-13,18-19H,3-4,14H2,1-2H3. The molecule has 120 valence electrons. The number of rotatable bonds is 6. The van der Waals surface area contributed by atoms with E-state index in [-0.39, 0.29) is 17.9 Å². The Morgan fingerprint density at radius 3 is 2.30 bits per heavy atom. The van der Waals surface area contributed by atoms with Gasteiger partial charge in [0, 0.05) is 6.54 Å². The zero-order valence-electron chi connectivity index (χ0n) is 13.7. The SMILES string of the molecule is CCCCN1C(=O)C(c2ccc(OC)cc2)C1c1ccccc1. The highest BCUT2D eigenvalue weighted by Gasteiger charge is 2.48. The van der Waals surface area contributed by atoms with E-state index < -0.39 is 0 Å². The molecule has 1 saturated heterocycles. The molecular formula is C20H23NO2. The lowest BCUT2D eigenvalue weighted by molar-refractivity contribution is -0.150. The fourth-order valence-corrected chi connectivity index (χ4v) is 3.29. The lowest BCUT2D eigenvalue weighted by atomic mass is 9.77. The second-order valence-electron chi connectivity index (χ2n) is 5.99. The highest BCUT2D eigenvalue weighted by Crippen LogP contribution is 2.46. The Morgan fingerprint density at radius 1 is 1.00 bits per heavy atom. The quantitative estimate of drug-likeness (QED) is 0.750. The lowest BCUT2D eigenvalue weighted by Gasteiger charge is -2.48. The van der Waals surface area contributed by atoms with Gasteiger partial charge in [0.15, 0.2) is 0 Å². The fraction of sp³-hybridized carbons (Fsp3) is 0.350. The Kier molecular flexibility index (Phi) is 4.65. The van der Waals surface area contributed by atoms with Gasteiger partial charge in [0.2, 0.25) is 5.91 Å². The van der Waals surface area contributed by atoms with Crippen molar-refractivity contribution in [1.29, 1.82) is 0 Å². The van der Waals surface area contributed by atoms with Crippen molar-refractivity contribution in [2.24, 2.45) is 0 Å². The fourth-order valence-electron chi connectivity index (χ4n) is 3.29. The van der Waals surface area contributed by atoms with E-state index in [0.29, 0.717) is 0 Å². The summed E-state index contributed by atoms with van der Waals surface area (Å²) in [6.45, 7) is 2.99. The number of nitrogens with zero attached hydrogens (tertiary/aromatic N) is 1. The predicted molar refractivity (Wildman–Crippen MR) is 91.5 cm³/mol. The van der Waals surface area contributed by atoms with E-state index in [2.05, 4.69) is 19.1 Å². The van der Waals surface area contributed by atoms with Gasteiger partial charge in [-0.25, -0.2) is 0 Å². The number of benzene rings is 2. The average molecular weight is 309 g/mol. The molecule has 1 amide bonds. The maximum Gasteiger partial charge on any atom is 0.233 e. The summed E-state index contributed by atoms with van der Waals surface area (Å²) < 4.78 is 5.22. The summed E-state index contributed by atoms with van der Waals surface area (Å²) in [4.78, 5) is 14.7. The van der Waals surface area contributed by atoms with Gasteiger partial charge in [0.1, 0.15) is 5.75 Å². The smallest absolute Gasteiger partial charge is 0.233 e. The Hall–Kier alpha value is -2.29. The van der Waals surface area contributed by atoms with Crippen LogP contribution < -0.4 is 4.74 Å². The Labute approximate surface area is 137 Å². The second kappa shape index (κ2) is 6.86. The first-order valence-corrected chi connectivity index (χ1v) is 8.25. The van der Waals surface area contributed by atoms with Gasteiger partial charge in [0.05, 0.1) is 19.1 Å². The van der Waals surface area contributed by atoms with Crippen molar-refractivity contribution in [2.75, 3.05) is 13.7 Å². The molecule has 23 heavy (non-hydrogen) atoms. The van der Waals surface area contributed by atoms with Crippen LogP contribution in [0, 0.1) is 0 Å². The van der Waals surface area contributed by atoms with Crippen LogP contribution >= 0.6 is 0 Å². The summed E-state index contributed by atoms with van der Waals surface area (Å²) in [5.74, 6) is 0.970. The maximum atomic E-state index is 12.7. The van der Waals surface area contributed by atoms with Crippen molar-refractivity contribution in [3.63, 3.8) is 0 Å². The van der Waals surface area contributed by atoms with Crippen LogP contribution in [-0.4, -0.2) is 24.5 Å². The molecule has 3 heteroatoms. The van der Waals surface area contributed by atoms with E-state index in [1.165, 1.54) is 5.56 Å². The molecule has 1 aliphatic rings. The number of hydrogen-bond donors (Lipinski definition) is 0. The normalized spacial score (nSPS) is 20.3. The van der Waals surface area contributed by atoms with E-state index in [1.54, 1.807) is 7.11 Å². The van der Waals surface area contributed by atoms with E-state index in [4.69, 9.17) is 4.74 Å². The minimum absolute atomic E-state index is 0.0832. The number of hydrogen-bond acceptors (Lipinski definition) is 2. The number of ether oxygens (including phenoxy) is 1. The second-order valence-corrected chi connectivity index (χ2v) is 5.99. The number of likely N-dealkylation sites (tertiary alicyclic amines) is 1. The molecule has 0 spiro atoms. The number of carbonyl (C=O) groups excluding carboxylic acids is 1. The molecule has 2 aromatic carbocycles. The summed E-state index contributed by atoms with van der Waals surface area (Å²) in [7, 11) is 1.66. The Morgan fingerprint density at radius 2 is 1.70 bits per heavy atom. The van der Waals surface area contributed by atoms with Gasteiger partial charge in [-0.15, -0.1) is 0 Å². The first kappa shape index (κ1) is 15.6. The van der Waals surface area contributed by atoms with E-state index >= 15 is 0 Å². The molecule has 3 nitrogen and oxygen atoms in total. The number of methoxy groups -OCH3 is 1. The van der Waals surface area contributed by atoms with Crippen molar-refractivity contribution < 1.29 is 9.53 Å². The molecule has 1 aliphatic heterocycles. The van der Waals surface area contributed by atoms with Gasteiger partial charge < -0.3 is 9.64 Å². The average Bonchev–Trinajstić information content (AvgIpc) is 2.61. The summed E-state index contributed by atoms with van der Waals surface area (Å²) in [6, 6.07) is 18.4. The monoisotopic (exact) mass is 309 g/mol. The van der Waals surface area contributed by atoms with Crippen LogP contribution in [-0.2, 0) is 4.79 Å². The van der Waals surface area contributed by atoms with Crippen LogP contribution in [0.15, 0.2) is 54.6 Å². The molecule has 0 N–H and O–H groups in total. The summed E-state index contributed by atoms with van der Waals surface area (Å²) >= 11 is 0. The summed E-state index contributed by atoms with van der Waals surface area (Å²) in [5, 5.41) is 0. The molecule has 0 radical (unpaired) electrons. The van der Waals surface area contributed by atoms with Gasteiger partial charge in [-0.1, -0.05) is 55.8 Å². The van der Waals surface area contributed by atoms with Crippen molar-refractivity contribution in [2.45, 2.75) is 31.7 Å². The molecule has 1 heterocycles. The topological polar surface area (TPSA) is 29.5 Å². The molecule has 0 aliphatic carbocycles.